The number of carbonyl (C=O) groups is 1. The molecule has 0 fully saturated rings. The van der Waals surface area contributed by atoms with Crippen LogP contribution in [0.15, 0.2) is 40.0 Å². The number of hydrogen-bond donors (Lipinski definition) is 1. The number of carbonyl (C=O) groups excluding carboxylic acids is 1. The lowest BCUT2D eigenvalue weighted by Gasteiger charge is -2.04. The molecule has 0 atom stereocenters. The van der Waals surface area contributed by atoms with Crippen molar-refractivity contribution in [3.05, 3.63) is 51.8 Å². The molecule has 0 aliphatic heterocycles. The highest BCUT2D eigenvalue weighted by molar-refractivity contribution is 9.10. The third kappa shape index (κ3) is 3.78. The summed E-state index contributed by atoms with van der Waals surface area (Å²) in [5.41, 5.74) is 5.13. The van der Waals surface area contributed by atoms with E-state index >= 15 is 0 Å². The molecule has 0 radical (unpaired) electrons. The Hall–Kier alpha value is -1.95. The molecule has 0 aliphatic carbocycles. The van der Waals surface area contributed by atoms with Crippen LogP contribution in [0.2, 0.25) is 0 Å². The van der Waals surface area contributed by atoms with Gasteiger partial charge in [-0.2, -0.15) is 10.2 Å². The maximum Gasteiger partial charge on any atom is 0.290 e. The molecule has 0 saturated carbocycles. The summed E-state index contributed by atoms with van der Waals surface area (Å²) in [7, 11) is 1.70. The maximum atomic E-state index is 12.0. The second-order valence-corrected chi connectivity index (χ2v) is 5.84. The highest BCUT2D eigenvalue weighted by Gasteiger charge is 2.14. The SMILES string of the molecule is CC(C)c1ccc(/C=N/NC(=O)c2c(Br)cnn2C)cc1. The van der Waals surface area contributed by atoms with Crippen molar-refractivity contribution in [1.29, 1.82) is 0 Å². The summed E-state index contributed by atoms with van der Waals surface area (Å²) in [6.07, 6.45) is 3.19. The number of amides is 1. The zero-order valence-corrected chi connectivity index (χ0v) is 13.8. The van der Waals surface area contributed by atoms with Gasteiger partial charge in [0.25, 0.3) is 5.91 Å². The van der Waals surface area contributed by atoms with Gasteiger partial charge in [-0.05, 0) is 33.0 Å². The van der Waals surface area contributed by atoms with Gasteiger partial charge in [0.15, 0.2) is 0 Å². The smallest absolute Gasteiger partial charge is 0.266 e. The monoisotopic (exact) mass is 348 g/mol. The van der Waals surface area contributed by atoms with E-state index in [1.54, 1.807) is 19.5 Å². The largest absolute Gasteiger partial charge is 0.290 e. The molecule has 1 amide bonds. The second kappa shape index (κ2) is 6.67. The summed E-state index contributed by atoms with van der Waals surface area (Å²) in [5.74, 6) is 0.190. The number of hydrogen-bond acceptors (Lipinski definition) is 3. The molecule has 6 heteroatoms. The molecular formula is C15H17BrN4O. The van der Waals surface area contributed by atoms with Crippen molar-refractivity contribution in [2.24, 2.45) is 12.1 Å². The summed E-state index contributed by atoms with van der Waals surface area (Å²) < 4.78 is 2.13. The summed E-state index contributed by atoms with van der Waals surface area (Å²) in [6, 6.07) is 8.08. The van der Waals surface area contributed by atoms with E-state index in [4.69, 9.17) is 0 Å². The summed E-state index contributed by atoms with van der Waals surface area (Å²) in [5, 5.41) is 7.95. The zero-order chi connectivity index (χ0) is 15.4. The minimum Gasteiger partial charge on any atom is -0.266 e. The first kappa shape index (κ1) is 15.4. The van der Waals surface area contributed by atoms with Gasteiger partial charge in [0.05, 0.1) is 16.9 Å². The first-order chi connectivity index (χ1) is 9.99. The van der Waals surface area contributed by atoms with Crippen molar-refractivity contribution < 1.29 is 4.79 Å². The fraction of sp³-hybridized carbons (Fsp3) is 0.267. The van der Waals surface area contributed by atoms with E-state index in [2.05, 4.69) is 57.5 Å². The third-order valence-electron chi connectivity index (χ3n) is 3.09. The maximum absolute atomic E-state index is 12.0. The van der Waals surface area contributed by atoms with Crippen LogP contribution >= 0.6 is 15.9 Å². The van der Waals surface area contributed by atoms with E-state index in [-0.39, 0.29) is 5.91 Å². The van der Waals surface area contributed by atoms with Crippen molar-refractivity contribution in [2.45, 2.75) is 19.8 Å². The molecule has 2 aromatic rings. The molecule has 110 valence electrons. The van der Waals surface area contributed by atoms with Crippen LogP contribution in [0, 0.1) is 0 Å². The number of benzene rings is 1. The van der Waals surface area contributed by atoms with Crippen LogP contribution in [0.1, 0.15) is 41.4 Å². The number of aryl methyl sites for hydroxylation is 1. The molecule has 0 aliphatic rings. The molecule has 0 bridgehead atoms. The summed E-state index contributed by atoms with van der Waals surface area (Å²) >= 11 is 3.28. The van der Waals surface area contributed by atoms with Gasteiger partial charge in [0.1, 0.15) is 5.69 Å². The van der Waals surface area contributed by atoms with Crippen LogP contribution in [-0.4, -0.2) is 21.9 Å². The first-order valence-corrected chi connectivity index (χ1v) is 7.39. The molecule has 21 heavy (non-hydrogen) atoms. The van der Waals surface area contributed by atoms with Crippen LogP contribution in [0.5, 0.6) is 0 Å². The standard InChI is InChI=1S/C15H17BrN4O/c1-10(2)12-6-4-11(5-7-12)8-17-19-15(21)14-13(16)9-18-20(14)3/h4-10H,1-3H3,(H,19,21)/b17-8+. The fourth-order valence-corrected chi connectivity index (χ4v) is 2.38. The molecule has 0 unspecified atom stereocenters. The third-order valence-corrected chi connectivity index (χ3v) is 3.67. The normalized spacial score (nSPS) is 11.3. The van der Waals surface area contributed by atoms with Crippen molar-refractivity contribution in [3.63, 3.8) is 0 Å². The van der Waals surface area contributed by atoms with Crippen molar-refractivity contribution in [1.82, 2.24) is 15.2 Å². The Balaban J connectivity index is 2.01. The van der Waals surface area contributed by atoms with Gasteiger partial charge < -0.3 is 0 Å². The highest BCUT2D eigenvalue weighted by Crippen LogP contribution is 2.15. The van der Waals surface area contributed by atoms with Gasteiger partial charge in [-0.3, -0.25) is 9.48 Å². The predicted molar refractivity (Wildman–Crippen MR) is 86.5 cm³/mol. The van der Waals surface area contributed by atoms with E-state index in [0.29, 0.717) is 16.1 Å². The minimum absolute atomic E-state index is 0.308. The Bertz CT molecular complexity index is 639. The Kier molecular flexibility index (Phi) is 4.90. The van der Waals surface area contributed by atoms with E-state index in [9.17, 15) is 4.79 Å². The summed E-state index contributed by atoms with van der Waals surface area (Å²) in [4.78, 5) is 12.0. The van der Waals surface area contributed by atoms with Crippen LogP contribution < -0.4 is 5.43 Å². The molecule has 1 N–H and O–H groups in total. The van der Waals surface area contributed by atoms with Crippen molar-refractivity contribution in [3.8, 4) is 0 Å². The predicted octanol–water partition coefficient (Wildman–Crippen LogP) is 3.07. The molecule has 1 heterocycles. The van der Waals surface area contributed by atoms with E-state index in [1.807, 2.05) is 12.1 Å². The zero-order valence-electron chi connectivity index (χ0n) is 12.2. The Labute approximate surface area is 132 Å². The molecule has 2 rings (SSSR count). The van der Waals surface area contributed by atoms with Crippen molar-refractivity contribution >= 4 is 28.1 Å². The quantitative estimate of drug-likeness (QED) is 0.681. The van der Waals surface area contributed by atoms with Crippen LogP contribution in [0.4, 0.5) is 0 Å². The van der Waals surface area contributed by atoms with E-state index in [1.165, 1.54) is 10.2 Å². The Morgan fingerprint density at radius 3 is 2.57 bits per heavy atom. The number of hydrazone groups is 1. The average molecular weight is 349 g/mol. The molecule has 1 aromatic carbocycles. The van der Waals surface area contributed by atoms with Gasteiger partial charge in [-0.1, -0.05) is 38.1 Å². The topological polar surface area (TPSA) is 59.3 Å². The molecule has 0 spiro atoms. The lowest BCUT2D eigenvalue weighted by Crippen LogP contribution is -2.21. The number of nitrogens with zero attached hydrogens (tertiary/aromatic N) is 3. The Morgan fingerprint density at radius 2 is 2.05 bits per heavy atom. The fourth-order valence-electron chi connectivity index (χ4n) is 1.85. The summed E-state index contributed by atoms with van der Waals surface area (Å²) in [6.45, 7) is 4.30. The number of halogens is 1. The number of rotatable bonds is 4. The lowest BCUT2D eigenvalue weighted by molar-refractivity contribution is 0.0945. The van der Waals surface area contributed by atoms with Gasteiger partial charge >= 0.3 is 0 Å². The minimum atomic E-state index is -0.308. The molecule has 0 saturated heterocycles. The molecule has 1 aromatic heterocycles. The van der Waals surface area contributed by atoms with Gasteiger partial charge in [-0.25, -0.2) is 5.43 Å². The van der Waals surface area contributed by atoms with Gasteiger partial charge in [0, 0.05) is 7.05 Å². The average Bonchev–Trinajstić information content (AvgIpc) is 2.78. The van der Waals surface area contributed by atoms with Crippen LogP contribution in [0.25, 0.3) is 0 Å². The van der Waals surface area contributed by atoms with Crippen LogP contribution in [0.3, 0.4) is 0 Å². The van der Waals surface area contributed by atoms with Crippen molar-refractivity contribution in [2.75, 3.05) is 0 Å². The van der Waals surface area contributed by atoms with Gasteiger partial charge in [0.2, 0.25) is 0 Å². The van der Waals surface area contributed by atoms with Gasteiger partial charge in [-0.15, -0.1) is 0 Å². The molecular weight excluding hydrogens is 332 g/mol. The highest BCUT2D eigenvalue weighted by atomic mass is 79.9. The Morgan fingerprint density at radius 1 is 1.38 bits per heavy atom. The van der Waals surface area contributed by atoms with E-state index < -0.39 is 0 Å². The second-order valence-electron chi connectivity index (χ2n) is 4.99. The van der Waals surface area contributed by atoms with Crippen LogP contribution in [-0.2, 0) is 7.05 Å². The first-order valence-electron chi connectivity index (χ1n) is 6.60. The lowest BCUT2D eigenvalue weighted by atomic mass is 10.0. The number of aromatic nitrogens is 2. The molecule has 5 nitrogen and oxygen atoms in total. The van der Waals surface area contributed by atoms with E-state index in [0.717, 1.165) is 5.56 Å². The number of nitrogens with one attached hydrogen (secondary N) is 1.